The van der Waals surface area contributed by atoms with Crippen LogP contribution >= 0.6 is 11.6 Å². The van der Waals surface area contributed by atoms with Crippen LogP contribution in [0, 0.1) is 0 Å². The van der Waals surface area contributed by atoms with Crippen molar-refractivity contribution in [1.82, 2.24) is 30.0 Å². The fourth-order valence-electron chi connectivity index (χ4n) is 4.30. The summed E-state index contributed by atoms with van der Waals surface area (Å²) < 4.78 is 0. The molecular formula is C23H24ClN7O. The van der Waals surface area contributed by atoms with Crippen molar-refractivity contribution in [3.63, 3.8) is 0 Å². The van der Waals surface area contributed by atoms with E-state index in [9.17, 15) is 4.79 Å². The lowest BCUT2D eigenvalue weighted by Gasteiger charge is -2.34. The first-order chi connectivity index (χ1) is 15.6. The Hall–Kier alpha value is -3.36. The van der Waals surface area contributed by atoms with Gasteiger partial charge in [-0.15, -0.1) is 0 Å². The Labute approximate surface area is 190 Å². The molecule has 8 nitrogen and oxygen atoms in total. The summed E-state index contributed by atoms with van der Waals surface area (Å²) in [6.07, 6.45) is 13.8. The Bertz CT molecular complexity index is 1270. The SMILES string of the molecule is CC=CN1C=CC=CC1N1CC[C@H](Nc2nc(-c3n[nH]c(=O)[nH]3)cc3ccc(Cl)cc23)C1. The molecule has 0 amide bonds. The first-order valence-electron chi connectivity index (χ1n) is 10.6. The number of allylic oxidation sites excluding steroid dienone is 3. The van der Waals surface area contributed by atoms with Crippen molar-refractivity contribution in [2.75, 3.05) is 18.4 Å². The summed E-state index contributed by atoms with van der Waals surface area (Å²) in [5.74, 6) is 1.14. The predicted molar refractivity (Wildman–Crippen MR) is 127 cm³/mol. The van der Waals surface area contributed by atoms with E-state index in [0.29, 0.717) is 16.5 Å². The van der Waals surface area contributed by atoms with Crippen LogP contribution in [0.1, 0.15) is 13.3 Å². The topological polar surface area (TPSA) is 92.9 Å². The number of H-pyrrole nitrogens is 2. The molecule has 0 spiro atoms. The quantitative estimate of drug-likeness (QED) is 0.550. The van der Waals surface area contributed by atoms with E-state index >= 15 is 0 Å². The fraction of sp³-hybridized carbons (Fsp3) is 0.261. The first kappa shape index (κ1) is 20.5. The second-order valence-electron chi connectivity index (χ2n) is 7.94. The van der Waals surface area contributed by atoms with Crippen LogP contribution in [0.15, 0.2) is 65.8 Å². The Balaban J connectivity index is 1.42. The van der Waals surface area contributed by atoms with Crippen LogP contribution in [0.3, 0.4) is 0 Å². The van der Waals surface area contributed by atoms with E-state index in [1.807, 2.05) is 43.3 Å². The fourth-order valence-corrected chi connectivity index (χ4v) is 4.47. The van der Waals surface area contributed by atoms with Gasteiger partial charge in [-0.2, -0.15) is 5.10 Å². The molecule has 164 valence electrons. The summed E-state index contributed by atoms with van der Waals surface area (Å²) in [6.45, 7) is 3.88. The van der Waals surface area contributed by atoms with Crippen LogP contribution in [-0.2, 0) is 0 Å². The minimum Gasteiger partial charge on any atom is -0.365 e. The molecule has 3 N–H and O–H groups in total. The number of nitrogens with zero attached hydrogens (tertiary/aromatic N) is 4. The van der Waals surface area contributed by atoms with Gasteiger partial charge in [-0.3, -0.25) is 9.88 Å². The third-order valence-corrected chi connectivity index (χ3v) is 5.99. The van der Waals surface area contributed by atoms with Crippen molar-refractivity contribution < 1.29 is 0 Å². The Morgan fingerprint density at radius 2 is 2.19 bits per heavy atom. The van der Waals surface area contributed by atoms with E-state index in [-0.39, 0.29) is 17.9 Å². The second-order valence-corrected chi connectivity index (χ2v) is 8.38. The van der Waals surface area contributed by atoms with E-state index in [0.717, 1.165) is 36.1 Å². The van der Waals surface area contributed by atoms with Crippen molar-refractivity contribution in [1.29, 1.82) is 0 Å². The number of aromatic nitrogens is 4. The molecule has 2 atom stereocenters. The number of anilines is 1. The molecule has 2 aromatic heterocycles. The summed E-state index contributed by atoms with van der Waals surface area (Å²) in [5, 5.41) is 12.6. The van der Waals surface area contributed by atoms with Gasteiger partial charge in [0.1, 0.15) is 17.7 Å². The van der Waals surface area contributed by atoms with Gasteiger partial charge in [-0.25, -0.2) is 14.9 Å². The van der Waals surface area contributed by atoms with Crippen LogP contribution in [-0.4, -0.2) is 55.3 Å². The summed E-state index contributed by atoms with van der Waals surface area (Å²) >= 11 is 6.28. The standard InChI is InChI=1S/C23H24ClN7O/c1-2-9-30-10-4-3-5-20(30)31-11-8-17(14-31)25-21-18-13-16(24)7-6-15(18)12-19(26-21)22-27-23(32)29-28-22/h2-7,9-10,12-13,17,20H,8,11,14H2,1H3,(H,25,26)(H2,27,28,29,32)/t17-,20?/m0/s1. The summed E-state index contributed by atoms with van der Waals surface area (Å²) in [4.78, 5) is 23.7. The van der Waals surface area contributed by atoms with Crippen molar-refractivity contribution >= 4 is 28.2 Å². The van der Waals surface area contributed by atoms with Gasteiger partial charge in [-0.05, 0) is 49.1 Å². The predicted octanol–water partition coefficient (Wildman–Crippen LogP) is 3.70. The van der Waals surface area contributed by atoms with Crippen molar-refractivity contribution in [2.45, 2.75) is 25.6 Å². The summed E-state index contributed by atoms with van der Waals surface area (Å²) in [7, 11) is 0. The molecule has 2 aliphatic rings. The maximum atomic E-state index is 11.5. The van der Waals surface area contributed by atoms with Gasteiger partial charge in [0.2, 0.25) is 0 Å². The molecule has 5 rings (SSSR count). The highest BCUT2D eigenvalue weighted by Gasteiger charge is 2.30. The van der Waals surface area contributed by atoms with Crippen LogP contribution < -0.4 is 11.0 Å². The molecule has 4 heterocycles. The molecule has 0 bridgehead atoms. The number of halogens is 1. The highest BCUT2D eigenvalue weighted by atomic mass is 35.5. The minimum absolute atomic E-state index is 0.197. The zero-order valence-corrected chi connectivity index (χ0v) is 18.4. The zero-order valence-electron chi connectivity index (χ0n) is 17.6. The number of hydrogen-bond acceptors (Lipinski definition) is 6. The smallest absolute Gasteiger partial charge is 0.340 e. The number of hydrogen-bond donors (Lipinski definition) is 3. The average Bonchev–Trinajstić information content (AvgIpc) is 3.44. The molecule has 0 aliphatic carbocycles. The molecule has 2 aliphatic heterocycles. The normalized spacial score (nSPS) is 21.2. The molecule has 1 unspecified atom stereocenters. The minimum atomic E-state index is -0.362. The molecule has 0 saturated carbocycles. The Morgan fingerprint density at radius 3 is 3.00 bits per heavy atom. The van der Waals surface area contributed by atoms with Gasteiger partial charge in [0.25, 0.3) is 0 Å². The van der Waals surface area contributed by atoms with Crippen molar-refractivity contribution in [2.24, 2.45) is 0 Å². The molecule has 32 heavy (non-hydrogen) atoms. The number of fused-ring (bicyclic) bond motifs is 1. The monoisotopic (exact) mass is 449 g/mol. The van der Waals surface area contributed by atoms with E-state index in [1.54, 1.807) is 0 Å². The lowest BCUT2D eigenvalue weighted by molar-refractivity contribution is 0.173. The Morgan fingerprint density at radius 1 is 1.28 bits per heavy atom. The zero-order chi connectivity index (χ0) is 22.1. The average molecular weight is 450 g/mol. The number of aromatic amines is 2. The van der Waals surface area contributed by atoms with Crippen molar-refractivity contribution in [3.8, 4) is 11.5 Å². The molecular weight excluding hydrogens is 426 g/mol. The molecule has 9 heteroatoms. The van der Waals surface area contributed by atoms with Crippen LogP contribution in [0.5, 0.6) is 0 Å². The summed E-state index contributed by atoms with van der Waals surface area (Å²) in [6, 6.07) is 7.84. The Kier molecular flexibility index (Phi) is 5.55. The third kappa shape index (κ3) is 4.06. The van der Waals surface area contributed by atoms with Gasteiger partial charge < -0.3 is 10.2 Å². The van der Waals surface area contributed by atoms with Gasteiger partial charge in [0.05, 0.1) is 0 Å². The molecule has 3 aromatic rings. The van der Waals surface area contributed by atoms with E-state index in [4.69, 9.17) is 16.6 Å². The second kappa shape index (κ2) is 8.64. The van der Waals surface area contributed by atoms with Crippen LogP contribution in [0.2, 0.25) is 5.02 Å². The van der Waals surface area contributed by atoms with Crippen LogP contribution in [0.25, 0.3) is 22.3 Å². The molecule has 1 aromatic carbocycles. The highest BCUT2D eigenvalue weighted by Crippen LogP contribution is 2.30. The molecule has 1 fully saturated rings. The number of likely N-dealkylation sites (tertiary alicyclic amines) is 1. The van der Waals surface area contributed by atoms with Gasteiger partial charge >= 0.3 is 5.69 Å². The van der Waals surface area contributed by atoms with E-state index in [1.165, 1.54) is 0 Å². The van der Waals surface area contributed by atoms with Gasteiger partial charge in [0, 0.05) is 41.9 Å². The molecule has 1 saturated heterocycles. The third-order valence-electron chi connectivity index (χ3n) is 5.75. The van der Waals surface area contributed by atoms with Gasteiger partial charge in [0.15, 0.2) is 5.82 Å². The first-order valence-corrected chi connectivity index (χ1v) is 11.0. The lowest BCUT2D eigenvalue weighted by atomic mass is 10.1. The van der Waals surface area contributed by atoms with Crippen LogP contribution in [0.4, 0.5) is 5.82 Å². The maximum absolute atomic E-state index is 11.5. The molecule has 0 radical (unpaired) electrons. The number of benzene rings is 1. The van der Waals surface area contributed by atoms with Crippen molar-refractivity contribution in [3.05, 3.63) is 76.5 Å². The lowest BCUT2D eigenvalue weighted by Crippen LogP contribution is -2.43. The van der Waals surface area contributed by atoms with E-state index in [2.05, 4.69) is 54.8 Å². The number of pyridine rings is 1. The van der Waals surface area contributed by atoms with E-state index < -0.39 is 0 Å². The number of nitrogens with one attached hydrogen (secondary N) is 3. The maximum Gasteiger partial charge on any atom is 0.340 e. The summed E-state index contributed by atoms with van der Waals surface area (Å²) in [5.41, 5.74) is 0.231. The number of rotatable bonds is 5. The largest absolute Gasteiger partial charge is 0.365 e. The van der Waals surface area contributed by atoms with Gasteiger partial charge in [-0.1, -0.05) is 29.8 Å². The highest BCUT2D eigenvalue weighted by molar-refractivity contribution is 6.31.